The smallest absolute Gasteiger partial charge is 0.365 e. The van der Waals surface area contributed by atoms with Gasteiger partial charge in [0.2, 0.25) is 5.95 Å². The van der Waals surface area contributed by atoms with E-state index in [4.69, 9.17) is 0 Å². The summed E-state index contributed by atoms with van der Waals surface area (Å²) in [6, 6.07) is 1.34. The Kier molecular flexibility index (Phi) is 6.53. The fraction of sp³-hybridized carbons (Fsp3) is 0.545. The van der Waals surface area contributed by atoms with Gasteiger partial charge < -0.3 is 10.6 Å². The van der Waals surface area contributed by atoms with Crippen molar-refractivity contribution in [1.82, 2.24) is 14.9 Å². The van der Waals surface area contributed by atoms with E-state index in [1.165, 1.54) is 0 Å². The fourth-order valence-electron chi connectivity index (χ4n) is 4.43. The summed E-state index contributed by atoms with van der Waals surface area (Å²) in [6.45, 7) is 8.26. The first-order valence-electron chi connectivity index (χ1n) is 10.5. The van der Waals surface area contributed by atoms with Gasteiger partial charge in [-0.1, -0.05) is 0 Å². The fourth-order valence-corrected chi connectivity index (χ4v) is 4.43. The van der Waals surface area contributed by atoms with Gasteiger partial charge in [0.25, 0.3) is 0 Å². The zero-order valence-corrected chi connectivity index (χ0v) is 19.3. The van der Waals surface area contributed by atoms with Crippen LogP contribution in [0.5, 0.6) is 0 Å². The molecule has 0 bridgehead atoms. The van der Waals surface area contributed by atoms with Crippen LogP contribution < -0.4 is 10.6 Å². The first kappa shape index (κ1) is 26.0. The first-order valence-corrected chi connectivity index (χ1v) is 10.5. The summed E-state index contributed by atoms with van der Waals surface area (Å²) in [5.41, 5.74) is -4.36. The second-order valence-corrected chi connectivity index (χ2v) is 9.70. The van der Waals surface area contributed by atoms with Crippen LogP contribution in [0.2, 0.25) is 0 Å². The molecule has 34 heavy (non-hydrogen) atoms. The maximum atomic E-state index is 14.4. The van der Waals surface area contributed by atoms with Crippen LogP contribution in [0, 0.1) is 5.82 Å². The Hall–Kier alpha value is -2.63. The van der Waals surface area contributed by atoms with Gasteiger partial charge in [0.05, 0.1) is 17.3 Å². The normalized spacial score (nSPS) is 19.2. The van der Waals surface area contributed by atoms with Gasteiger partial charge in [-0.25, -0.2) is 9.37 Å². The molecule has 1 aromatic heterocycles. The van der Waals surface area contributed by atoms with Gasteiger partial charge in [-0.15, -0.1) is 0 Å². The van der Waals surface area contributed by atoms with Crippen LogP contribution in [0.3, 0.4) is 0 Å². The standard InChI is InChI=1S/C22H26F7N5/c1-19(2)9-13(10-20(3,4)34(19)5)31-17-16(23)11-30-18(33-17)32-12-6-7-14(21(24,25)26)15(8-12)22(27,28)29/h6-8,11,13H,9-10H2,1-5H3,(H2,30,31,32,33). The van der Waals surface area contributed by atoms with Crippen LogP contribution in [0.25, 0.3) is 0 Å². The van der Waals surface area contributed by atoms with E-state index in [-0.39, 0.29) is 34.6 Å². The van der Waals surface area contributed by atoms with Gasteiger partial charge in [-0.2, -0.15) is 31.3 Å². The first-order chi connectivity index (χ1) is 15.4. The number of likely N-dealkylation sites (tertiary alicyclic amines) is 1. The lowest BCUT2D eigenvalue weighted by molar-refractivity contribution is -0.162. The average molecular weight is 493 g/mol. The molecule has 0 radical (unpaired) electrons. The second kappa shape index (κ2) is 8.54. The molecule has 1 aliphatic heterocycles. The molecule has 0 saturated carbocycles. The number of nitrogens with zero attached hydrogens (tertiary/aromatic N) is 3. The van der Waals surface area contributed by atoms with E-state index in [1.807, 2.05) is 7.05 Å². The molecule has 5 nitrogen and oxygen atoms in total. The van der Waals surface area contributed by atoms with Crippen molar-refractivity contribution in [2.24, 2.45) is 0 Å². The van der Waals surface area contributed by atoms with Crippen LogP contribution in [-0.4, -0.2) is 39.0 Å². The summed E-state index contributed by atoms with van der Waals surface area (Å²) in [5, 5.41) is 5.49. The van der Waals surface area contributed by atoms with E-state index in [0.717, 1.165) is 12.3 Å². The minimum Gasteiger partial charge on any atom is -0.365 e. The molecule has 1 aromatic carbocycles. The molecule has 1 aliphatic rings. The second-order valence-electron chi connectivity index (χ2n) is 9.70. The number of aromatic nitrogens is 2. The molecule has 12 heteroatoms. The van der Waals surface area contributed by atoms with Gasteiger partial charge >= 0.3 is 12.4 Å². The largest absolute Gasteiger partial charge is 0.417 e. The van der Waals surface area contributed by atoms with E-state index in [0.29, 0.717) is 25.0 Å². The minimum absolute atomic E-state index is 0.151. The molecule has 1 saturated heterocycles. The Morgan fingerprint density at radius 2 is 1.50 bits per heavy atom. The van der Waals surface area contributed by atoms with Gasteiger partial charge in [-0.3, -0.25) is 4.90 Å². The zero-order chi connectivity index (χ0) is 25.7. The molecule has 2 aromatic rings. The Bertz CT molecular complexity index is 1030. The highest BCUT2D eigenvalue weighted by molar-refractivity contribution is 5.58. The summed E-state index contributed by atoms with van der Waals surface area (Å²) in [6.07, 6.45) is -8.22. The third-order valence-corrected chi connectivity index (χ3v) is 6.28. The minimum atomic E-state index is -5.23. The summed E-state index contributed by atoms with van der Waals surface area (Å²) < 4.78 is 93.0. The number of anilines is 3. The number of hydrogen-bond donors (Lipinski definition) is 2. The highest BCUT2D eigenvalue weighted by Crippen LogP contribution is 2.42. The van der Waals surface area contributed by atoms with Crippen molar-refractivity contribution >= 4 is 17.5 Å². The monoisotopic (exact) mass is 493 g/mol. The number of hydrogen-bond acceptors (Lipinski definition) is 5. The maximum Gasteiger partial charge on any atom is 0.417 e. The molecular formula is C22H26F7N5. The lowest BCUT2D eigenvalue weighted by atomic mass is 9.77. The molecule has 2 heterocycles. The van der Waals surface area contributed by atoms with Gasteiger partial charge in [0.1, 0.15) is 0 Å². The van der Waals surface area contributed by atoms with E-state index in [1.54, 1.807) is 0 Å². The summed E-state index contributed by atoms with van der Waals surface area (Å²) >= 11 is 0. The molecule has 3 rings (SSSR count). The quantitative estimate of drug-likeness (QED) is 0.479. The average Bonchev–Trinajstić information content (AvgIpc) is 2.67. The van der Waals surface area contributed by atoms with Gasteiger partial charge in [0.15, 0.2) is 11.6 Å². The highest BCUT2D eigenvalue weighted by atomic mass is 19.4. The number of rotatable bonds is 4. The molecule has 2 N–H and O–H groups in total. The van der Waals surface area contributed by atoms with E-state index >= 15 is 0 Å². The van der Waals surface area contributed by atoms with Crippen molar-refractivity contribution < 1.29 is 30.7 Å². The topological polar surface area (TPSA) is 53.1 Å². The lowest BCUT2D eigenvalue weighted by Gasteiger charge is -2.53. The summed E-state index contributed by atoms with van der Waals surface area (Å²) in [7, 11) is 2.02. The Morgan fingerprint density at radius 3 is 2.03 bits per heavy atom. The molecule has 0 atom stereocenters. The zero-order valence-electron chi connectivity index (χ0n) is 19.3. The lowest BCUT2D eigenvalue weighted by Crippen LogP contribution is -2.61. The van der Waals surface area contributed by atoms with Gasteiger partial charge in [0, 0.05) is 22.8 Å². The Labute approximate surface area is 192 Å². The van der Waals surface area contributed by atoms with Crippen molar-refractivity contribution in [3.63, 3.8) is 0 Å². The molecular weight excluding hydrogens is 467 g/mol. The predicted molar refractivity (Wildman–Crippen MR) is 114 cm³/mol. The van der Waals surface area contributed by atoms with Crippen molar-refractivity contribution in [1.29, 1.82) is 0 Å². The van der Waals surface area contributed by atoms with Crippen molar-refractivity contribution in [2.45, 2.75) is 70.0 Å². The third kappa shape index (κ3) is 5.53. The van der Waals surface area contributed by atoms with Crippen molar-refractivity contribution in [3.8, 4) is 0 Å². The van der Waals surface area contributed by atoms with Crippen molar-refractivity contribution in [3.05, 3.63) is 41.3 Å². The van der Waals surface area contributed by atoms with Crippen molar-refractivity contribution in [2.75, 3.05) is 17.7 Å². The number of benzene rings is 1. The maximum absolute atomic E-state index is 14.4. The van der Waals surface area contributed by atoms with Crippen LogP contribution in [-0.2, 0) is 12.4 Å². The Balaban J connectivity index is 1.86. The Morgan fingerprint density at radius 1 is 0.941 bits per heavy atom. The molecule has 188 valence electrons. The summed E-state index contributed by atoms with van der Waals surface area (Å²) in [4.78, 5) is 9.96. The molecule has 0 spiro atoms. The highest BCUT2D eigenvalue weighted by Gasteiger charge is 2.44. The van der Waals surface area contributed by atoms with Gasteiger partial charge in [-0.05, 0) is 65.8 Å². The molecule has 0 aliphatic carbocycles. The van der Waals surface area contributed by atoms with E-state index in [2.05, 4.69) is 53.2 Å². The summed E-state index contributed by atoms with van der Waals surface area (Å²) in [5.74, 6) is -1.17. The SMILES string of the molecule is CN1C(C)(C)CC(Nc2nc(Nc3ccc(C(F)(F)F)c(C(F)(F)F)c3)ncc2F)CC1(C)C. The van der Waals surface area contributed by atoms with E-state index in [9.17, 15) is 30.7 Å². The van der Waals surface area contributed by atoms with Crippen LogP contribution in [0.1, 0.15) is 51.7 Å². The third-order valence-electron chi connectivity index (χ3n) is 6.28. The molecule has 1 fully saturated rings. The molecule has 0 unspecified atom stereocenters. The van der Waals surface area contributed by atoms with E-state index < -0.39 is 29.3 Å². The van der Waals surface area contributed by atoms with Crippen LogP contribution >= 0.6 is 0 Å². The number of piperidine rings is 1. The molecule has 0 amide bonds. The predicted octanol–water partition coefficient (Wildman–Crippen LogP) is 6.46. The number of alkyl halides is 6. The number of halogens is 7. The van der Waals surface area contributed by atoms with Crippen LogP contribution in [0.15, 0.2) is 24.4 Å². The van der Waals surface area contributed by atoms with Crippen LogP contribution in [0.4, 0.5) is 48.2 Å². The number of nitrogens with one attached hydrogen (secondary N) is 2.